The van der Waals surface area contributed by atoms with Crippen molar-refractivity contribution in [3.8, 4) is 0 Å². The molecule has 3 unspecified atom stereocenters. The number of fused-ring (bicyclic) bond motifs is 1. The number of amides is 1. The molecule has 2 N–H and O–H groups in total. The molecule has 2 rings (SSSR count). The van der Waals surface area contributed by atoms with Gasteiger partial charge in [0.05, 0.1) is 17.9 Å². The first-order valence-electron chi connectivity index (χ1n) is 14.0. The van der Waals surface area contributed by atoms with Crippen molar-refractivity contribution in [2.45, 2.75) is 112 Å². The van der Waals surface area contributed by atoms with Gasteiger partial charge < -0.3 is 15.2 Å². The van der Waals surface area contributed by atoms with Crippen molar-refractivity contribution in [1.82, 2.24) is 5.32 Å². The third-order valence-electron chi connectivity index (χ3n) is 8.23. The number of unbranched alkanes of at least 4 members (excludes halogenated alkanes) is 1. The lowest BCUT2D eigenvalue weighted by Crippen LogP contribution is -2.42. The Morgan fingerprint density at radius 2 is 1.97 bits per heavy atom. The van der Waals surface area contributed by atoms with E-state index in [-0.39, 0.29) is 30.3 Å². The van der Waals surface area contributed by atoms with E-state index < -0.39 is 11.5 Å². The van der Waals surface area contributed by atoms with Crippen LogP contribution in [0.3, 0.4) is 0 Å². The number of hydrogen-bond donors (Lipinski definition) is 2. The Balaban J connectivity index is 2.00. The van der Waals surface area contributed by atoms with Crippen LogP contribution < -0.4 is 5.32 Å². The number of hydrogen-bond acceptors (Lipinski definition) is 4. The largest absolute Gasteiger partial charge is 0.461 e. The first-order valence-corrected chi connectivity index (χ1v) is 14.0. The summed E-state index contributed by atoms with van der Waals surface area (Å²) in [6.07, 6.45) is 12.7. The number of carbonyl (C=O) groups is 2. The van der Waals surface area contributed by atoms with Gasteiger partial charge in [-0.05, 0) is 75.2 Å². The smallest absolute Gasteiger partial charge is 0.311 e. The van der Waals surface area contributed by atoms with Gasteiger partial charge in [-0.25, -0.2) is 0 Å². The fourth-order valence-electron chi connectivity index (χ4n) is 5.50. The number of ether oxygens (including phenoxy) is 1. The molecule has 0 spiro atoms. The number of esters is 1. The van der Waals surface area contributed by atoms with E-state index in [4.69, 9.17) is 4.74 Å². The third kappa shape index (κ3) is 8.77. The number of allylic oxidation sites excluding steroid dienone is 3. The molecule has 35 heavy (non-hydrogen) atoms. The second kappa shape index (κ2) is 13.6. The number of rotatable bonds is 13. The van der Waals surface area contributed by atoms with Crippen LogP contribution in [0.25, 0.3) is 0 Å². The molecule has 0 aromatic rings. The van der Waals surface area contributed by atoms with E-state index in [1.165, 1.54) is 5.57 Å². The number of nitrogens with one attached hydrogen (secondary N) is 1. The van der Waals surface area contributed by atoms with E-state index in [9.17, 15) is 14.7 Å². The van der Waals surface area contributed by atoms with Gasteiger partial charge in [0.2, 0.25) is 5.91 Å². The van der Waals surface area contributed by atoms with E-state index in [2.05, 4.69) is 51.2 Å². The molecule has 0 aromatic carbocycles. The molecular weight excluding hydrogens is 438 g/mol. The maximum absolute atomic E-state index is 13.0. The SMILES string of the molecule is CCCCNC(=O)C[C@H](O)CC(C)CC[C@@H]1[C@@H]2C(=CC(C)CC2OC(=O)C(C)(C)CC)C=C[C@@H]1C. The van der Waals surface area contributed by atoms with Crippen molar-refractivity contribution in [2.75, 3.05) is 6.54 Å². The molecule has 5 heteroatoms. The van der Waals surface area contributed by atoms with Gasteiger partial charge in [-0.2, -0.15) is 0 Å². The third-order valence-corrected chi connectivity index (χ3v) is 8.23. The van der Waals surface area contributed by atoms with Gasteiger partial charge in [-0.15, -0.1) is 0 Å². The summed E-state index contributed by atoms with van der Waals surface area (Å²) in [5, 5.41) is 13.3. The Morgan fingerprint density at radius 3 is 2.63 bits per heavy atom. The normalized spacial score (nSPS) is 28.0. The highest BCUT2D eigenvalue weighted by atomic mass is 16.5. The minimum absolute atomic E-state index is 0.0602. The van der Waals surface area contributed by atoms with Crippen molar-refractivity contribution in [3.63, 3.8) is 0 Å². The van der Waals surface area contributed by atoms with Gasteiger partial charge in [0.1, 0.15) is 6.10 Å². The highest BCUT2D eigenvalue weighted by Gasteiger charge is 2.42. The van der Waals surface area contributed by atoms with Crippen LogP contribution in [0, 0.1) is 35.0 Å². The van der Waals surface area contributed by atoms with Crippen molar-refractivity contribution in [3.05, 3.63) is 23.8 Å². The van der Waals surface area contributed by atoms with Gasteiger partial charge in [-0.3, -0.25) is 9.59 Å². The molecule has 0 radical (unpaired) electrons. The van der Waals surface area contributed by atoms with Crippen LogP contribution in [0.4, 0.5) is 0 Å². The van der Waals surface area contributed by atoms with E-state index in [1.807, 2.05) is 20.8 Å². The zero-order valence-electron chi connectivity index (χ0n) is 23.3. The second-order valence-electron chi connectivity index (χ2n) is 11.9. The fraction of sp³-hybridized carbons (Fsp3) is 0.800. The predicted octanol–water partition coefficient (Wildman–Crippen LogP) is 6.21. The molecule has 0 heterocycles. The number of carbonyl (C=O) groups excluding carboxylic acids is 2. The summed E-state index contributed by atoms with van der Waals surface area (Å²) >= 11 is 0. The van der Waals surface area contributed by atoms with Crippen LogP contribution in [0.2, 0.25) is 0 Å². The average molecular weight is 490 g/mol. The summed E-state index contributed by atoms with van der Waals surface area (Å²) in [6, 6.07) is 0. The highest BCUT2D eigenvalue weighted by Crippen LogP contribution is 2.45. The summed E-state index contributed by atoms with van der Waals surface area (Å²) in [5.74, 6) is 1.60. The standard InChI is InChI=1S/C30H51NO4/c1-8-10-15-31-27(33)19-24(32)17-20(3)11-14-25-22(5)12-13-23-16-21(4)18-26(28(23)25)35-29(34)30(6,7)9-2/h12-13,16,20-22,24-26,28,32H,8-11,14-15,17-19H2,1-7H3,(H,31,33)/t20?,21?,22-,24+,25-,26?,28-/m0/s1. The van der Waals surface area contributed by atoms with E-state index in [0.717, 1.165) is 38.5 Å². The van der Waals surface area contributed by atoms with Crippen LogP contribution in [0.15, 0.2) is 23.8 Å². The molecule has 0 saturated heterocycles. The molecule has 0 saturated carbocycles. The summed E-state index contributed by atoms with van der Waals surface area (Å²) in [5.41, 5.74) is 0.847. The minimum Gasteiger partial charge on any atom is -0.461 e. The Bertz CT molecular complexity index is 755. The number of aliphatic hydroxyl groups excluding tert-OH is 1. The molecule has 5 nitrogen and oxygen atoms in total. The van der Waals surface area contributed by atoms with Crippen LogP contribution in [0.1, 0.15) is 99.8 Å². The van der Waals surface area contributed by atoms with E-state index >= 15 is 0 Å². The summed E-state index contributed by atoms with van der Waals surface area (Å²) in [4.78, 5) is 25.0. The molecule has 2 aliphatic rings. The van der Waals surface area contributed by atoms with Crippen molar-refractivity contribution >= 4 is 11.9 Å². The molecular formula is C30H51NO4. The zero-order chi connectivity index (χ0) is 26.2. The van der Waals surface area contributed by atoms with Crippen LogP contribution >= 0.6 is 0 Å². The van der Waals surface area contributed by atoms with Gasteiger partial charge in [0.15, 0.2) is 0 Å². The summed E-state index contributed by atoms with van der Waals surface area (Å²) in [7, 11) is 0. The van der Waals surface area contributed by atoms with Crippen molar-refractivity contribution < 1.29 is 19.4 Å². The quantitative estimate of drug-likeness (QED) is 0.238. The predicted molar refractivity (Wildman–Crippen MR) is 143 cm³/mol. The van der Waals surface area contributed by atoms with Crippen LogP contribution in [0.5, 0.6) is 0 Å². The molecule has 0 fully saturated rings. The first kappa shape index (κ1) is 29.6. The van der Waals surface area contributed by atoms with Gasteiger partial charge in [-0.1, -0.05) is 65.7 Å². The second-order valence-corrected chi connectivity index (χ2v) is 11.9. The monoisotopic (exact) mass is 489 g/mol. The maximum atomic E-state index is 13.0. The molecule has 0 bridgehead atoms. The Morgan fingerprint density at radius 1 is 1.26 bits per heavy atom. The zero-order valence-corrected chi connectivity index (χ0v) is 23.3. The summed E-state index contributed by atoms with van der Waals surface area (Å²) < 4.78 is 6.22. The van der Waals surface area contributed by atoms with Crippen molar-refractivity contribution in [2.24, 2.45) is 35.0 Å². The fourth-order valence-corrected chi connectivity index (χ4v) is 5.50. The van der Waals surface area contributed by atoms with E-state index in [1.54, 1.807) is 0 Å². The molecule has 7 atom stereocenters. The van der Waals surface area contributed by atoms with Gasteiger partial charge in [0.25, 0.3) is 0 Å². The van der Waals surface area contributed by atoms with Gasteiger partial charge in [0, 0.05) is 12.5 Å². The Hall–Kier alpha value is -1.62. The molecule has 200 valence electrons. The molecule has 2 aliphatic carbocycles. The minimum atomic E-state index is -0.605. The molecule has 0 aliphatic heterocycles. The van der Waals surface area contributed by atoms with Crippen LogP contribution in [-0.4, -0.2) is 35.7 Å². The molecule has 0 aromatic heterocycles. The topological polar surface area (TPSA) is 75.6 Å². The molecule has 1 amide bonds. The highest BCUT2D eigenvalue weighted by molar-refractivity contribution is 5.76. The average Bonchev–Trinajstić information content (AvgIpc) is 2.78. The van der Waals surface area contributed by atoms with Crippen LogP contribution in [-0.2, 0) is 14.3 Å². The Labute approximate surface area is 214 Å². The lowest BCUT2D eigenvalue weighted by atomic mass is 9.65. The summed E-state index contributed by atoms with van der Waals surface area (Å²) in [6.45, 7) is 15.4. The maximum Gasteiger partial charge on any atom is 0.311 e. The van der Waals surface area contributed by atoms with Gasteiger partial charge >= 0.3 is 5.97 Å². The lowest BCUT2D eigenvalue weighted by Gasteiger charge is -2.44. The first-order chi connectivity index (χ1) is 16.5. The lowest BCUT2D eigenvalue weighted by molar-refractivity contribution is -0.164. The van der Waals surface area contributed by atoms with E-state index in [0.29, 0.717) is 36.6 Å². The number of aliphatic hydroxyl groups is 1. The Kier molecular flexibility index (Phi) is 11.5. The van der Waals surface area contributed by atoms with Crippen molar-refractivity contribution in [1.29, 1.82) is 0 Å².